The highest BCUT2D eigenvalue weighted by molar-refractivity contribution is 6.08. The Morgan fingerprint density at radius 3 is 2.10 bits per heavy atom. The molecule has 0 saturated carbocycles. The van der Waals surface area contributed by atoms with Crippen LogP contribution in [-0.2, 0) is 0 Å². The largest absolute Gasteiger partial charge is 0.494 e. The van der Waals surface area contributed by atoms with Gasteiger partial charge in [-0.05, 0) is 69.6 Å². The molecule has 1 saturated heterocycles. The third kappa shape index (κ3) is 8.20. The maximum absolute atomic E-state index is 12.4. The highest BCUT2D eigenvalue weighted by Crippen LogP contribution is 2.16. The Labute approximate surface area is 181 Å². The van der Waals surface area contributed by atoms with E-state index in [4.69, 9.17) is 4.74 Å². The smallest absolute Gasteiger partial charge is 0.193 e. The zero-order chi connectivity index (χ0) is 19.4. The number of carbonyl (C=O) groups is 1. The zero-order valence-electron chi connectivity index (χ0n) is 17.4. The fraction of sp³-hybridized carbons (Fsp3) is 0.480. The summed E-state index contributed by atoms with van der Waals surface area (Å²) in [6, 6.07) is 16.9. The topological polar surface area (TPSA) is 29.5 Å². The number of hydrogen-bond acceptors (Lipinski definition) is 3. The molecule has 0 radical (unpaired) electrons. The van der Waals surface area contributed by atoms with Gasteiger partial charge in [0.05, 0.1) is 6.61 Å². The third-order valence-corrected chi connectivity index (χ3v) is 5.49. The molecule has 0 aromatic heterocycles. The van der Waals surface area contributed by atoms with E-state index in [0.29, 0.717) is 5.56 Å². The van der Waals surface area contributed by atoms with Gasteiger partial charge in [0.1, 0.15) is 5.75 Å². The van der Waals surface area contributed by atoms with Crippen LogP contribution in [0.5, 0.6) is 5.75 Å². The second kappa shape index (κ2) is 13.4. The molecular formula is C25H34ClNO2. The van der Waals surface area contributed by atoms with Gasteiger partial charge in [0, 0.05) is 11.1 Å². The SMILES string of the molecule is Cl.O=C(c1ccccc1)c1ccc(OCCCCCCCN2CCCCC2)cc1. The maximum atomic E-state index is 12.4. The van der Waals surface area contributed by atoms with E-state index >= 15 is 0 Å². The highest BCUT2D eigenvalue weighted by atomic mass is 35.5. The number of hydrogen-bond donors (Lipinski definition) is 0. The molecule has 1 aliphatic rings. The number of piperidine rings is 1. The molecule has 0 N–H and O–H groups in total. The highest BCUT2D eigenvalue weighted by Gasteiger charge is 2.09. The Kier molecular flexibility index (Phi) is 10.8. The number of carbonyl (C=O) groups excluding carboxylic acids is 1. The molecular weight excluding hydrogens is 382 g/mol. The van der Waals surface area contributed by atoms with Crippen LogP contribution in [0.1, 0.15) is 67.3 Å². The Bertz CT molecular complexity index is 697. The van der Waals surface area contributed by atoms with Crippen molar-refractivity contribution in [2.24, 2.45) is 0 Å². The van der Waals surface area contributed by atoms with Crippen molar-refractivity contribution < 1.29 is 9.53 Å². The summed E-state index contributed by atoms with van der Waals surface area (Å²) >= 11 is 0. The van der Waals surface area contributed by atoms with E-state index in [1.807, 2.05) is 54.6 Å². The van der Waals surface area contributed by atoms with Crippen molar-refractivity contribution in [2.45, 2.75) is 51.4 Å². The Hall–Kier alpha value is -1.84. The lowest BCUT2D eigenvalue weighted by Crippen LogP contribution is -2.30. The Morgan fingerprint density at radius 1 is 0.759 bits per heavy atom. The first-order chi connectivity index (χ1) is 13.8. The van der Waals surface area contributed by atoms with Gasteiger partial charge >= 0.3 is 0 Å². The lowest BCUT2D eigenvalue weighted by atomic mass is 10.0. The lowest BCUT2D eigenvalue weighted by Gasteiger charge is -2.26. The van der Waals surface area contributed by atoms with Crippen molar-refractivity contribution in [3.05, 3.63) is 65.7 Å². The molecule has 1 heterocycles. The summed E-state index contributed by atoms with van der Waals surface area (Å²) in [5, 5.41) is 0. The molecule has 4 heteroatoms. The predicted octanol–water partition coefficient (Wildman–Crippen LogP) is 6.15. The Morgan fingerprint density at radius 2 is 1.38 bits per heavy atom. The van der Waals surface area contributed by atoms with Gasteiger partial charge in [-0.15, -0.1) is 12.4 Å². The molecule has 0 amide bonds. The standard InChI is InChI=1S/C25H33NO2.ClH/c27-25(22-12-6-4-7-13-22)23-14-16-24(17-15-23)28-21-11-3-1-2-8-18-26-19-9-5-10-20-26;/h4,6-7,12-17H,1-3,5,8-11,18-21H2;1H. The number of unbranched alkanes of at least 4 members (excludes halogenated alkanes) is 4. The normalized spacial score (nSPS) is 14.2. The van der Waals surface area contributed by atoms with E-state index in [1.54, 1.807) is 0 Å². The number of ether oxygens (including phenoxy) is 1. The van der Waals surface area contributed by atoms with Gasteiger partial charge in [-0.3, -0.25) is 4.79 Å². The minimum atomic E-state index is 0. The van der Waals surface area contributed by atoms with Crippen LogP contribution in [0.3, 0.4) is 0 Å². The summed E-state index contributed by atoms with van der Waals surface area (Å²) < 4.78 is 5.83. The summed E-state index contributed by atoms with van der Waals surface area (Å²) in [5.74, 6) is 0.895. The molecule has 1 fully saturated rings. The minimum Gasteiger partial charge on any atom is -0.494 e. The molecule has 0 atom stereocenters. The molecule has 3 rings (SSSR count). The molecule has 2 aromatic rings. The minimum absolute atomic E-state index is 0. The monoisotopic (exact) mass is 415 g/mol. The van der Waals surface area contributed by atoms with E-state index in [-0.39, 0.29) is 18.2 Å². The summed E-state index contributed by atoms with van der Waals surface area (Å²) in [7, 11) is 0. The number of rotatable bonds is 11. The van der Waals surface area contributed by atoms with E-state index in [0.717, 1.165) is 24.3 Å². The quantitative estimate of drug-likeness (QED) is 0.325. The van der Waals surface area contributed by atoms with E-state index < -0.39 is 0 Å². The van der Waals surface area contributed by atoms with Gasteiger partial charge in [0.15, 0.2) is 5.78 Å². The number of nitrogens with zero attached hydrogens (tertiary/aromatic N) is 1. The van der Waals surface area contributed by atoms with Crippen LogP contribution in [0.4, 0.5) is 0 Å². The summed E-state index contributed by atoms with van der Waals surface area (Å²) in [4.78, 5) is 15.0. The summed E-state index contributed by atoms with van der Waals surface area (Å²) in [5.41, 5.74) is 1.42. The van der Waals surface area contributed by atoms with Gasteiger partial charge in [0.2, 0.25) is 0 Å². The molecule has 0 bridgehead atoms. The van der Waals surface area contributed by atoms with Crippen LogP contribution in [0.2, 0.25) is 0 Å². The maximum Gasteiger partial charge on any atom is 0.193 e. The van der Waals surface area contributed by atoms with Crippen LogP contribution in [-0.4, -0.2) is 36.9 Å². The van der Waals surface area contributed by atoms with Crippen LogP contribution in [0, 0.1) is 0 Å². The predicted molar refractivity (Wildman–Crippen MR) is 122 cm³/mol. The van der Waals surface area contributed by atoms with Gasteiger partial charge < -0.3 is 9.64 Å². The van der Waals surface area contributed by atoms with Crippen molar-refractivity contribution in [2.75, 3.05) is 26.2 Å². The number of likely N-dealkylation sites (tertiary alicyclic amines) is 1. The second-order valence-corrected chi connectivity index (χ2v) is 7.74. The molecule has 3 nitrogen and oxygen atoms in total. The van der Waals surface area contributed by atoms with Crippen molar-refractivity contribution in [3.8, 4) is 5.75 Å². The molecule has 0 aliphatic carbocycles. The van der Waals surface area contributed by atoms with Gasteiger partial charge in [-0.1, -0.05) is 56.0 Å². The lowest BCUT2D eigenvalue weighted by molar-refractivity contribution is 0.103. The van der Waals surface area contributed by atoms with Gasteiger partial charge in [-0.25, -0.2) is 0 Å². The number of ketones is 1. The second-order valence-electron chi connectivity index (χ2n) is 7.74. The van der Waals surface area contributed by atoms with Crippen LogP contribution in [0.25, 0.3) is 0 Å². The first-order valence-corrected chi connectivity index (χ1v) is 10.9. The molecule has 2 aromatic carbocycles. The molecule has 0 spiro atoms. The van der Waals surface area contributed by atoms with Crippen molar-refractivity contribution in [1.29, 1.82) is 0 Å². The van der Waals surface area contributed by atoms with E-state index in [9.17, 15) is 4.79 Å². The molecule has 29 heavy (non-hydrogen) atoms. The van der Waals surface area contributed by atoms with Crippen LogP contribution >= 0.6 is 12.4 Å². The number of benzene rings is 2. The number of halogens is 1. The van der Waals surface area contributed by atoms with E-state index in [1.165, 1.54) is 64.6 Å². The first-order valence-electron chi connectivity index (χ1n) is 10.9. The zero-order valence-corrected chi connectivity index (χ0v) is 18.2. The molecule has 1 aliphatic heterocycles. The summed E-state index contributed by atoms with van der Waals surface area (Å²) in [6.07, 6.45) is 10.5. The van der Waals surface area contributed by atoms with Crippen molar-refractivity contribution in [3.63, 3.8) is 0 Å². The fourth-order valence-electron chi connectivity index (χ4n) is 3.80. The van der Waals surface area contributed by atoms with Crippen molar-refractivity contribution in [1.82, 2.24) is 4.90 Å². The van der Waals surface area contributed by atoms with Crippen LogP contribution < -0.4 is 4.74 Å². The van der Waals surface area contributed by atoms with Crippen LogP contribution in [0.15, 0.2) is 54.6 Å². The van der Waals surface area contributed by atoms with Crippen molar-refractivity contribution >= 4 is 18.2 Å². The third-order valence-electron chi connectivity index (χ3n) is 5.49. The average molecular weight is 416 g/mol. The fourth-order valence-corrected chi connectivity index (χ4v) is 3.80. The van der Waals surface area contributed by atoms with E-state index in [2.05, 4.69) is 4.90 Å². The van der Waals surface area contributed by atoms with Gasteiger partial charge in [0.25, 0.3) is 0 Å². The first kappa shape index (κ1) is 23.4. The summed E-state index contributed by atoms with van der Waals surface area (Å²) in [6.45, 7) is 4.65. The molecule has 158 valence electrons. The molecule has 0 unspecified atom stereocenters. The van der Waals surface area contributed by atoms with Gasteiger partial charge in [-0.2, -0.15) is 0 Å². The Balaban J connectivity index is 0.00000300. The average Bonchev–Trinajstić information content (AvgIpc) is 2.77.